The van der Waals surface area contributed by atoms with Gasteiger partial charge in [0.25, 0.3) is 0 Å². The van der Waals surface area contributed by atoms with Gasteiger partial charge < -0.3 is 4.74 Å². The molecule has 0 aliphatic rings. The van der Waals surface area contributed by atoms with Crippen molar-refractivity contribution in [3.8, 4) is 0 Å². The monoisotopic (exact) mass is 198 g/mol. The smallest absolute Gasteiger partial charge is 0.123 e. The van der Waals surface area contributed by atoms with E-state index in [0.29, 0.717) is 5.92 Å². The Morgan fingerprint density at radius 1 is 1.43 bits per heavy atom. The molecule has 0 rings (SSSR count). The first-order chi connectivity index (χ1) is 6.61. The predicted molar refractivity (Wildman–Crippen MR) is 58.8 cm³/mol. The Labute approximate surface area is 86.0 Å². The molecule has 80 valence electrons. The van der Waals surface area contributed by atoms with Crippen molar-refractivity contribution in [2.45, 2.75) is 20.8 Å². The molecule has 0 saturated heterocycles. The van der Waals surface area contributed by atoms with Crippen LogP contribution in [-0.2, 0) is 4.74 Å². The molecular formula is C12H19FO. The lowest BCUT2D eigenvalue weighted by Gasteiger charge is -2.05. The van der Waals surface area contributed by atoms with Crippen molar-refractivity contribution >= 4 is 0 Å². The van der Waals surface area contributed by atoms with E-state index < -0.39 is 6.67 Å². The molecule has 14 heavy (non-hydrogen) atoms. The molecule has 0 bridgehead atoms. The second-order valence-electron chi connectivity index (χ2n) is 3.34. The molecule has 0 heterocycles. The molecule has 0 aromatic carbocycles. The number of ether oxygens (including phenoxy) is 1. The van der Waals surface area contributed by atoms with Crippen LogP contribution in [0.1, 0.15) is 20.8 Å². The molecule has 0 aromatic rings. The molecule has 0 fully saturated rings. The third kappa shape index (κ3) is 5.57. The summed E-state index contributed by atoms with van der Waals surface area (Å²) in [7, 11) is 0. The van der Waals surface area contributed by atoms with Crippen LogP contribution in [0.3, 0.4) is 0 Å². The van der Waals surface area contributed by atoms with Gasteiger partial charge in [0.15, 0.2) is 0 Å². The number of hydrogen-bond acceptors (Lipinski definition) is 1. The van der Waals surface area contributed by atoms with E-state index in [1.165, 1.54) is 0 Å². The maximum Gasteiger partial charge on any atom is 0.123 e. The predicted octanol–water partition coefficient (Wildman–Crippen LogP) is 3.64. The first-order valence-corrected chi connectivity index (χ1v) is 4.81. The van der Waals surface area contributed by atoms with E-state index in [0.717, 1.165) is 11.3 Å². The van der Waals surface area contributed by atoms with Crippen molar-refractivity contribution in [2.75, 3.05) is 13.3 Å². The van der Waals surface area contributed by atoms with Gasteiger partial charge in [0.2, 0.25) is 0 Å². The van der Waals surface area contributed by atoms with Crippen molar-refractivity contribution < 1.29 is 9.13 Å². The maximum absolute atomic E-state index is 11.8. The molecule has 0 spiro atoms. The average Bonchev–Trinajstić information content (AvgIpc) is 2.15. The van der Waals surface area contributed by atoms with Crippen LogP contribution in [0.2, 0.25) is 0 Å². The van der Waals surface area contributed by atoms with Crippen LogP contribution < -0.4 is 0 Å². The van der Waals surface area contributed by atoms with Crippen molar-refractivity contribution in [3.63, 3.8) is 0 Å². The summed E-state index contributed by atoms with van der Waals surface area (Å²) in [5.74, 6) is 1.17. The minimum absolute atomic E-state index is 0.126. The van der Waals surface area contributed by atoms with Crippen LogP contribution in [-0.4, -0.2) is 13.3 Å². The van der Waals surface area contributed by atoms with E-state index >= 15 is 0 Å². The summed E-state index contributed by atoms with van der Waals surface area (Å²) in [5.41, 5.74) is 1.15. The van der Waals surface area contributed by atoms with E-state index in [9.17, 15) is 4.39 Å². The fourth-order valence-corrected chi connectivity index (χ4v) is 0.957. The molecule has 0 atom stereocenters. The first kappa shape index (κ1) is 12.9. The highest BCUT2D eigenvalue weighted by Gasteiger charge is 1.96. The van der Waals surface area contributed by atoms with Crippen molar-refractivity contribution in [2.24, 2.45) is 5.92 Å². The highest BCUT2D eigenvalue weighted by molar-refractivity contribution is 5.24. The highest BCUT2D eigenvalue weighted by atomic mass is 19.1. The van der Waals surface area contributed by atoms with E-state index in [1.807, 2.05) is 25.2 Å². The van der Waals surface area contributed by atoms with Gasteiger partial charge in [-0.05, 0) is 24.5 Å². The van der Waals surface area contributed by atoms with Gasteiger partial charge >= 0.3 is 0 Å². The van der Waals surface area contributed by atoms with Crippen molar-refractivity contribution in [3.05, 3.63) is 36.1 Å². The Kier molecular flexibility index (Phi) is 6.81. The lowest BCUT2D eigenvalue weighted by molar-refractivity contribution is 0.189. The third-order valence-corrected chi connectivity index (χ3v) is 1.82. The third-order valence-electron chi connectivity index (χ3n) is 1.82. The Balaban J connectivity index is 4.26. The molecule has 2 heteroatoms. The zero-order chi connectivity index (χ0) is 11.0. The van der Waals surface area contributed by atoms with Crippen LogP contribution >= 0.6 is 0 Å². The van der Waals surface area contributed by atoms with Crippen LogP contribution in [0.15, 0.2) is 36.1 Å². The number of halogens is 1. The topological polar surface area (TPSA) is 9.23 Å². The minimum atomic E-state index is -0.451. The lowest BCUT2D eigenvalue weighted by atomic mass is 10.0. The Hall–Kier alpha value is -1.05. The largest absolute Gasteiger partial charge is 0.496 e. The summed E-state index contributed by atoms with van der Waals surface area (Å²) >= 11 is 0. The quantitative estimate of drug-likeness (QED) is 0.467. The van der Waals surface area contributed by atoms with Gasteiger partial charge in [-0.1, -0.05) is 32.6 Å². The summed E-state index contributed by atoms with van der Waals surface area (Å²) in [4.78, 5) is 0. The summed E-state index contributed by atoms with van der Waals surface area (Å²) in [6, 6.07) is 0. The summed E-state index contributed by atoms with van der Waals surface area (Å²) < 4.78 is 16.8. The van der Waals surface area contributed by atoms with Gasteiger partial charge in [-0.2, -0.15) is 0 Å². The Morgan fingerprint density at radius 2 is 2.07 bits per heavy atom. The van der Waals surface area contributed by atoms with Gasteiger partial charge in [-0.15, -0.1) is 0 Å². The number of hydrogen-bond donors (Lipinski definition) is 0. The fraction of sp³-hybridized carbons (Fsp3) is 0.500. The second kappa shape index (κ2) is 7.36. The minimum Gasteiger partial charge on any atom is -0.496 e. The average molecular weight is 198 g/mol. The molecule has 0 amide bonds. The molecule has 0 N–H and O–H groups in total. The van der Waals surface area contributed by atoms with Gasteiger partial charge in [0, 0.05) is 0 Å². The molecule has 0 aliphatic heterocycles. The Morgan fingerprint density at radius 3 is 2.50 bits per heavy atom. The highest BCUT2D eigenvalue weighted by Crippen LogP contribution is 2.11. The van der Waals surface area contributed by atoms with Crippen LogP contribution in [0.25, 0.3) is 0 Å². The Bertz CT molecular complexity index is 226. The zero-order valence-electron chi connectivity index (χ0n) is 9.22. The fourth-order valence-electron chi connectivity index (χ4n) is 0.957. The SMILES string of the molecule is C=C/C(=C\C=C(/C)OCCF)C(C)C. The van der Waals surface area contributed by atoms with Crippen LogP contribution in [0.5, 0.6) is 0 Å². The summed E-state index contributed by atoms with van der Waals surface area (Å²) in [6.07, 6.45) is 5.61. The molecule has 1 nitrogen and oxygen atoms in total. The van der Waals surface area contributed by atoms with Crippen LogP contribution in [0.4, 0.5) is 4.39 Å². The zero-order valence-corrected chi connectivity index (χ0v) is 9.22. The summed E-state index contributed by atoms with van der Waals surface area (Å²) in [6.45, 7) is 9.40. The molecule has 0 unspecified atom stereocenters. The van der Waals surface area contributed by atoms with E-state index in [2.05, 4.69) is 20.4 Å². The van der Waals surface area contributed by atoms with E-state index in [-0.39, 0.29) is 6.61 Å². The second-order valence-corrected chi connectivity index (χ2v) is 3.34. The summed E-state index contributed by atoms with van der Waals surface area (Å²) in [5, 5.41) is 0. The maximum atomic E-state index is 11.8. The lowest BCUT2D eigenvalue weighted by Crippen LogP contribution is -1.93. The normalized spacial score (nSPS) is 13.2. The van der Waals surface area contributed by atoms with Crippen LogP contribution in [0, 0.1) is 5.92 Å². The number of rotatable bonds is 6. The molecule has 0 aliphatic carbocycles. The molecule has 0 saturated carbocycles. The van der Waals surface area contributed by atoms with Gasteiger partial charge in [0.05, 0.1) is 5.76 Å². The van der Waals surface area contributed by atoms with E-state index in [4.69, 9.17) is 4.74 Å². The molecule has 0 aromatic heterocycles. The van der Waals surface area contributed by atoms with Gasteiger partial charge in [-0.25, -0.2) is 4.39 Å². The van der Waals surface area contributed by atoms with Crippen molar-refractivity contribution in [1.29, 1.82) is 0 Å². The number of alkyl halides is 1. The van der Waals surface area contributed by atoms with E-state index in [1.54, 1.807) is 0 Å². The molecule has 0 radical (unpaired) electrons. The van der Waals surface area contributed by atoms with Gasteiger partial charge in [0.1, 0.15) is 13.3 Å². The number of allylic oxidation sites excluding steroid dienone is 5. The molecular weight excluding hydrogens is 179 g/mol. The standard InChI is InChI=1S/C12H19FO/c1-5-12(10(2)3)7-6-11(4)14-9-8-13/h5-7,10H,1,8-9H2,2-4H3/b11-6+,12-7+. The van der Waals surface area contributed by atoms with Crippen molar-refractivity contribution in [1.82, 2.24) is 0 Å². The first-order valence-electron chi connectivity index (χ1n) is 4.81. The van der Waals surface area contributed by atoms with Gasteiger partial charge in [-0.3, -0.25) is 0 Å².